The van der Waals surface area contributed by atoms with E-state index < -0.39 is 12.1 Å². The molecule has 0 saturated carbocycles. The van der Waals surface area contributed by atoms with Gasteiger partial charge in [0.1, 0.15) is 13.2 Å². The number of amides is 2. The smallest absolute Gasteiger partial charge is 0.407 e. The maximum atomic E-state index is 12.3. The van der Waals surface area contributed by atoms with Crippen LogP contribution in [0.1, 0.15) is 56.1 Å². The summed E-state index contributed by atoms with van der Waals surface area (Å²) in [6.45, 7) is 2.47. The predicted molar refractivity (Wildman–Crippen MR) is 126 cm³/mol. The molecule has 0 aliphatic heterocycles. The first-order valence-corrected chi connectivity index (χ1v) is 11.6. The van der Waals surface area contributed by atoms with E-state index in [9.17, 15) is 14.4 Å². The van der Waals surface area contributed by atoms with Crippen molar-refractivity contribution in [3.63, 3.8) is 0 Å². The lowest BCUT2D eigenvalue weighted by molar-refractivity contribution is -0.138. The number of rotatable bonds is 12. The Hall–Kier alpha value is -3.35. The Kier molecular flexibility index (Phi) is 8.87. The van der Waals surface area contributed by atoms with Gasteiger partial charge in [0.2, 0.25) is 5.91 Å². The third kappa shape index (κ3) is 6.81. The summed E-state index contributed by atoms with van der Waals surface area (Å²) in [6.07, 6.45) is 3.16. The van der Waals surface area contributed by atoms with Crippen LogP contribution < -0.4 is 10.6 Å². The molecule has 0 radical (unpaired) electrons. The van der Waals surface area contributed by atoms with Crippen LogP contribution in [0.4, 0.5) is 4.79 Å². The van der Waals surface area contributed by atoms with Crippen molar-refractivity contribution >= 4 is 18.0 Å². The van der Waals surface area contributed by atoms with E-state index in [2.05, 4.69) is 41.8 Å². The molecule has 0 spiro atoms. The molecule has 1 atom stereocenters. The van der Waals surface area contributed by atoms with Crippen LogP contribution in [-0.4, -0.2) is 42.8 Å². The molecule has 1 unspecified atom stereocenters. The zero-order chi connectivity index (χ0) is 23.6. The second-order valence-corrected chi connectivity index (χ2v) is 8.40. The standard InChI is InChI=1S/C26H32N2O5/c1-2-7-18(12-13-24(29)28-16-25(30)31)14-15-27-26(32)33-17-23-21-10-5-3-8-19(21)20-9-4-6-11-22(20)23/h3-6,8-11,18,23H,2,7,12-17H2,1H3,(H,27,32)(H,28,29)(H,30,31). The van der Waals surface area contributed by atoms with Crippen LogP contribution in [0.15, 0.2) is 48.5 Å². The number of nitrogens with one attached hydrogen (secondary N) is 2. The molecule has 2 amide bonds. The molecule has 2 aromatic rings. The fourth-order valence-electron chi connectivity index (χ4n) is 4.47. The number of hydrogen-bond donors (Lipinski definition) is 3. The summed E-state index contributed by atoms with van der Waals surface area (Å²) >= 11 is 0. The Morgan fingerprint density at radius 2 is 1.58 bits per heavy atom. The Balaban J connectivity index is 1.43. The number of ether oxygens (including phenoxy) is 1. The molecule has 0 bridgehead atoms. The molecule has 1 aliphatic carbocycles. The first kappa shape index (κ1) is 24.3. The van der Waals surface area contributed by atoms with Gasteiger partial charge in [-0.25, -0.2) is 4.79 Å². The predicted octanol–water partition coefficient (Wildman–Crippen LogP) is 4.31. The van der Waals surface area contributed by atoms with Gasteiger partial charge in [-0.05, 0) is 41.0 Å². The fourth-order valence-corrected chi connectivity index (χ4v) is 4.47. The molecule has 0 fully saturated rings. The van der Waals surface area contributed by atoms with Crippen molar-refractivity contribution in [1.82, 2.24) is 10.6 Å². The van der Waals surface area contributed by atoms with Crippen LogP contribution in [0.2, 0.25) is 0 Å². The molecule has 3 N–H and O–H groups in total. The number of carboxylic acid groups (broad SMARTS) is 1. The molecule has 0 aromatic heterocycles. The molecule has 1 aliphatic rings. The lowest BCUT2D eigenvalue weighted by Gasteiger charge is -2.17. The highest BCUT2D eigenvalue weighted by molar-refractivity contribution is 5.81. The average Bonchev–Trinajstić information content (AvgIpc) is 3.13. The number of benzene rings is 2. The summed E-state index contributed by atoms with van der Waals surface area (Å²) in [6, 6.07) is 16.4. The highest BCUT2D eigenvalue weighted by Crippen LogP contribution is 2.44. The van der Waals surface area contributed by atoms with Gasteiger partial charge in [0.25, 0.3) is 0 Å². The minimum absolute atomic E-state index is 0.0281. The van der Waals surface area contributed by atoms with Gasteiger partial charge in [0, 0.05) is 18.9 Å². The SMILES string of the molecule is CCCC(CCNC(=O)OCC1c2ccccc2-c2ccccc21)CCC(=O)NCC(=O)O. The molecule has 3 rings (SSSR count). The molecular formula is C26H32N2O5. The van der Waals surface area contributed by atoms with Gasteiger partial charge < -0.3 is 20.5 Å². The van der Waals surface area contributed by atoms with E-state index in [0.29, 0.717) is 13.0 Å². The van der Waals surface area contributed by atoms with Gasteiger partial charge >= 0.3 is 12.1 Å². The van der Waals surface area contributed by atoms with Crippen LogP contribution in [0.3, 0.4) is 0 Å². The number of aliphatic carboxylic acids is 1. The minimum Gasteiger partial charge on any atom is -0.480 e. The van der Waals surface area contributed by atoms with Crippen molar-refractivity contribution in [3.8, 4) is 11.1 Å². The normalized spacial score (nSPS) is 13.0. The monoisotopic (exact) mass is 452 g/mol. The maximum absolute atomic E-state index is 12.3. The molecule has 7 nitrogen and oxygen atoms in total. The summed E-state index contributed by atoms with van der Waals surface area (Å²) in [4.78, 5) is 34.6. The van der Waals surface area contributed by atoms with Crippen molar-refractivity contribution in [2.45, 2.75) is 44.9 Å². The lowest BCUT2D eigenvalue weighted by atomic mass is 9.94. The summed E-state index contributed by atoms with van der Waals surface area (Å²) in [5, 5.41) is 13.9. The van der Waals surface area contributed by atoms with E-state index in [1.54, 1.807) is 0 Å². The van der Waals surface area contributed by atoms with Crippen LogP contribution in [-0.2, 0) is 14.3 Å². The Morgan fingerprint density at radius 1 is 0.939 bits per heavy atom. The van der Waals surface area contributed by atoms with E-state index in [1.807, 2.05) is 24.3 Å². The second kappa shape index (κ2) is 12.0. The van der Waals surface area contributed by atoms with Crippen LogP contribution in [0.25, 0.3) is 11.1 Å². The molecule has 33 heavy (non-hydrogen) atoms. The highest BCUT2D eigenvalue weighted by atomic mass is 16.5. The number of carbonyl (C=O) groups excluding carboxylic acids is 2. The van der Waals surface area contributed by atoms with Crippen molar-refractivity contribution in [1.29, 1.82) is 0 Å². The van der Waals surface area contributed by atoms with Crippen molar-refractivity contribution in [2.75, 3.05) is 19.7 Å². The quantitative estimate of drug-likeness (QED) is 0.445. The van der Waals surface area contributed by atoms with Gasteiger partial charge in [-0.15, -0.1) is 0 Å². The zero-order valence-corrected chi connectivity index (χ0v) is 19.0. The molecule has 176 valence electrons. The lowest BCUT2D eigenvalue weighted by Crippen LogP contribution is -2.30. The Bertz CT molecular complexity index is 929. The third-order valence-electron chi connectivity index (χ3n) is 6.08. The molecule has 2 aromatic carbocycles. The number of carboxylic acids is 1. The van der Waals surface area contributed by atoms with E-state index >= 15 is 0 Å². The van der Waals surface area contributed by atoms with E-state index in [4.69, 9.17) is 9.84 Å². The van der Waals surface area contributed by atoms with Gasteiger partial charge in [0.15, 0.2) is 0 Å². The van der Waals surface area contributed by atoms with Crippen molar-refractivity contribution in [2.24, 2.45) is 5.92 Å². The summed E-state index contributed by atoms with van der Waals surface area (Å²) in [5.41, 5.74) is 4.74. The number of fused-ring (bicyclic) bond motifs is 3. The second-order valence-electron chi connectivity index (χ2n) is 8.40. The molecule has 0 saturated heterocycles. The van der Waals surface area contributed by atoms with Gasteiger partial charge in [-0.3, -0.25) is 9.59 Å². The molecule has 7 heteroatoms. The summed E-state index contributed by atoms with van der Waals surface area (Å²) < 4.78 is 5.56. The van der Waals surface area contributed by atoms with Crippen molar-refractivity contribution in [3.05, 3.63) is 59.7 Å². The molecule has 0 heterocycles. The van der Waals surface area contributed by atoms with E-state index in [0.717, 1.165) is 19.3 Å². The topological polar surface area (TPSA) is 105 Å². The largest absolute Gasteiger partial charge is 0.480 e. The van der Waals surface area contributed by atoms with Crippen LogP contribution >= 0.6 is 0 Å². The van der Waals surface area contributed by atoms with Crippen LogP contribution in [0.5, 0.6) is 0 Å². The third-order valence-corrected chi connectivity index (χ3v) is 6.08. The maximum Gasteiger partial charge on any atom is 0.407 e. The Labute approximate surface area is 194 Å². The number of hydrogen-bond acceptors (Lipinski definition) is 4. The average molecular weight is 453 g/mol. The Morgan fingerprint density at radius 3 is 2.18 bits per heavy atom. The fraction of sp³-hybridized carbons (Fsp3) is 0.423. The van der Waals surface area contributed by atoms with E-state index in [-0.39, 0.29) is 37.3 Å². The van der Waals surface area contributed by atoms with Gasteiger partial charge in [0.05, 0.1) is 0 Å². The summed E-state index contributed by atoms with van der Waals surface area (Å²) in [5.74, 6) is -1.01. The van der Waals surface area contributed by atoms with Crippen LogP contribution in [0, 0.1) is 5.92 Å². The van der Waals surface area contributed by atoms with E-state index in [1.165, 1.54) is 22.3 Å². The first-order valence-electron chi connectivity index (χ1n) is 11.6. The van der Waals surface area contributed by atoms with Crippen molar-refractivity contribution < 1.29 is 24.2 Å². The first-order chi connectivity index (χ1) is 16.0. The highest BCUT2D eigenvalue weighted by Gasteiger charge is 2.29. The van der Waals surface area contributed by atoms with Gasteiger partial charge in [-0.1, -0.05) is 68.3 Å². The molecular weight excluding hydrogens is 420 g/mol. The minimum atomic E-state index is -1.05. The summed E-state index contributed by atoms with van der Waals surface area (Å²) in [7, 11) is 0. The number of alkyl carbamates (subject to hydrolysis) is 1. The number of carbonyl (C=O) groups is 3. The van der Waals surface area contributed by atoms with Gasteiger partial charge in [-0.2, -0.15) is 0 Å². The zero-order valence-electron chi connectivity index (χ0n) is 19.0.